The van der Waals surface area contributed by atoms with E-state index in [0.29, 0.717) is 5.84 Å². The van der Waals surface area contributed by atoms with Crippen LogP contribution in [0.1, 0.15) is 23.7 Å². The van der Waals surface area contributed by atoms with Gasteiger partial charge >= 0.3 is 0 Å². The first-order chi connectivity index (χ1) is 6.13. The van der Waals surface area contributed by atoms with Gasteiger partial charge in [0, 0.05) is 12.2 Å². The molecule has 72 valence electrons. The van der Waals surface area contributed by atoms with Crippen LogP contribution in [0.25, 0.3) is 0 Å². The fraction of sp³-hybridized carbons (Fsp3) is 0.500. The zero-order valence-corrected chi connectivity index (χ0v) is 8.85. The summed E-state index contributed by atoms with van der Waals surface area (Å²) in [6.07, 6.45) is 1.78. The van der Waals surface area contributed by atoms with E-state index in [4.69, 9.17) is 5.84 Å². The summed E-state index contributed by atoms with van der Waals surface area (Å²) in [6, 6.07) is 0.230. The predicted octanol–water partition coefficient (Wildman–Crippen LogP) is 1.07. The molecule has 0 saturated heterocycles. The summed E-state index contributed by atoms with van der Waals surface area (Å²) in [5.41, 5.74) is 2.58. The van der Waals surface area contributed by atoms with Gasteiger partial charge < -0.3 is 5.43 Å². The number of hydrazine groups is 1. The Balaban J connectivity index is 2.90. The molecular weight excluding hydrogens is 184 g/mol. The highest BCUT2D eigenvalue weighted by Gasteiger charge is 2.05. The second-order valence-electron chi connectivity index (χ2n) is 2.96. The van der Waals surface area contributed by atoms with Crippen molar-refractivity contribution in [2.24, 2.45) is 10.8 Å². The van der Waals surface area contributed by atoms with Crippen LogP contribution >= 0.6 is 11.3 Å². The van der Waals surface area contributed by atoms with Gasteiger partial charge in [0.05, 0.1) is 9.88 Å². The number of aliphatic imine (C=N–C) groups is 1. The number of amidine groups is 1. The standard InChI is InChI=1S/C8H14N4S/c1-5(2)11-8(12-9)7-4-10-6(3)13-7/h4-5H,9H2,1-3H3,(H,11,12). The van der Waals surface area contributed by atoms with E-state index in [0.717, 1.165) is 9.88 Å². The smallest absolute Gasteiger partial charge is 0.154 e. The molecule has 0 radical (unpaired) electrons. The molecule has 0 aliphatic heterocycles. The van der Waals surface area contributed by atoms with Gasteiger partial charge in [-0.3, -0.25) is 4.99 Å². The second kappa shape index (κ2) is 4.34. The first kappa shape index (κ1) is 10.1. The average Bonchev–Trinajstić information content (AvgIpc) is 2.47. The number of aromatic nitrogens is 1. The lowest BCUT2D eigenvalue weighted by Gasteiger charge is -2.03. The van der Waals surface area contributed by atoms with Gasteiger partial charge in [0.25, 0.3) is 0 Å². The normalized spacial score (nSPS) is 12.2. The molecule has 0 amide bonds. The summed E-state index contributed by atoms with van der Waals surface area (Å²) in [5.74, 6) is 6.07. The zero-order chi connectivity index (χ0) is 9.84. The van der Waals surface area contributed by atoms with Crippen LogP contribution in [-0.2, 0) is 0 Å². The monoisotopic (exact) mass is 198 g/mol. The molecule has 0 aliphatic carbocycles. The van der Waals surface area contributed by atoms with Gasteiger partial charge in [-0.1, -0.05) is 0 Å². The van der Waals surface area contributed by atoms with Crippen molar-refractivity contribution in [1.29, 1.82) is 0 Å². The van der Waals surface area contributed by atoms with Crippen LogP contribution in [0.4, 0.5) is 0 Å². The molecule has 0 saturated carbocycles. The number of nitrogens with one attached hydrogen (secondary N) is 1. The molecule has 1 aromatic heterocycles. The van der Waals surface area contributed by atoms with Crippen molar-refractivity contribution < 1.29 is 0 Å². The van der Waals surface area contributed by atoms with Crippen LogP contribution in [0.5, 0.6) is 0 Å². The molecule has 5 heteroatoms. The summed E-state index contributed by atoms with van der Waals surface area (Å²) < 4.78 is 0. The molecule has 0 aliphatic rings. The molecule has 3 N–H and O–H groups in total. The lowest BCUT2D eigenvalue weighted by Crippen LogP contribution is -2.31. The van der Waals surface area contributed by atoms with E-state index in [1.165, 1.54) is 0 Å². The summed E-state index contributed by atoms with van der Waals surface area (Å²) in [7, 11) is 0. The minimum absolute atomic E-state index is 0.230. The van der Waals surface area contributed by atoms with Crippen molar-refractivity contribution in [3.05, 3.63) is 16.1 Å². The Bertz CT molecular complexity index is 303. The van der Waals surface area contributed by atoms with E-state index in [1.807, 2.05) is 20.8 Å². The number of nitrogens with two attached hydrogens (primary N) is 1. The Labute approximate surface area is 81.9 Å². The Hall–Kier alpha value is -0.940. The number of rotatable bonds is 2. The van der Waals surface area contributed by atoms with E-state index in [-0.39, 0.29) is 6.04 Å². The van der Waals surface area contributed by atoms with E-state index in [1.54, 1.807) is 17.5 Å². The van der Waals surface area contributed by atoms with Crippen LogP contribution in [0.15, 0.2) is 11.2 Å². The first-order valence-electron chi connectivity index (χ1n) is 4.10. The number of nitrogens with zero attached hydrogens (tertiary/aromatic N) is 2. The SMILES string of the molecule is Cc1ncc(C(=NC(C)C)NN)s1. The number of hydrogen-bond donors (Lipinski definition) is 2. The van der Waals surface area contributed by atoms with Gasteiger partial charge in [-0.15, -0.1) is 11.3 Å². The molecule has 1 heterocycles. The van der Waals surface area contributed by atoms with Crippen LogP contribution in [0.2, 0.25) is 0 Å². The summed E-state index contributed by atoms with van der Waals surface area (Å²) in [6.45, 7) is 5.97. The third kappa shape index (κ3) is 2.78. The highest BCUT2D eigenvalue weighted by molar-refractivity contribution is 7.13. The van der Waals surface area contributed by atoms with Crippen molar-refractivity contribution in [2.45, 2.75) is 26.8 Å². The molecule has 0 bridgehead atoms. The van der Waals surface area contributed by atoms with Gasteiger partial charge in [-0.05, 0) is 20.8 Å². The quantitative estimate of drug-likeness (QED) is 0.323. The van der Waals surface area contributed by atoms with E-state index in [9.17, 15) is 0 Å². The molecule has 13 heavy (non-hydrogen) atoms. The third-order valence-electron chi connectivity index (χ3n) is 1.38. The summed E-state index contributed by atoms with van der Waals surface area (Å²) in [4.78, 5) is 9.45. The molecule has 0 fully saturated rings. The molecule has 0 spiro atoms. The van der Waals surface area contributed by atoms with Gasteiger partial charge in [0.15, 0.2) is 5.84 Å². The molecule has 1 aromatic rings. The molecule has 1 rings (SSSR count). The maximum atomic E-state index is 5.36. The summed E-state index contributed by atoms with van der Waals surface area (Å²) >= 11 is 1.58. The Morgan fingerprint density at radius 1 is 1.69 bits per heavy atom. The van der Waals surface area contributed by atoms with Crippen molar-refractivity contribution in [2.75, 3.05) is 0 Å². The van der Waals surface area contributed by atoms with Crippen molar-refractivity contribution in [3.8, 4) is 0 Å². The Kier molecular flexibility index (Phi) is 3.39. The first-order valence-corrected chi connectivity index (χ1v) is 4.92. The second-order valence-corrected chi connectivity index (χ2v) is 4.19. The lowest BCUT2D eigenvalue weighted by atomic mass is 10.4. The highest BCUT2D eigenvalue weighted by atomic mass is 32.1. The fourth-order valence-electron chi connectivity index (χ4n) is 0.901. The van der Waals surface area contributed by atoms with Crippen molar-refractivity contribution in [1.82, 2.24) is 10.4 Å². The number of aryl methyl sites for hydroxylation is 1. The predicted molar refractivity (Wildman–Crippen MR) is 55.8 cm³/mol. The Morgan fingerprint density at radius 3 is 2.77 bits per heavy atom. The van der Waals surface area contributed by atoms with Crippen LogP contribution < -0.4 is 11.3 Å². The van der Waals surface area contributed by atoms with E-state index >= 15 is 0 Å². The van der Waals surface area contributed by atoms with E-state index < -0.39 is 0 Å². The van der Waals surface area contributed by atoms with Gasteiger partial charge in [0.1, 0.15) is 0 Å². The average molecular weight is 198 g/mol. The molecule has 0 unspecified atom stereocenters. The molecular formula is C8H14N4S. The molecule has 0 aromatic carbocycles. The number of thiazole rings is 1. The highest BCUT2D eigenvalue weighted by Crippen LogP contribution is 2.11. The topological polar surface area (TPSA) is 63.3 Å². The lowest BCUT2D eigenvalue weighted by molar-refractivity contribution is 0.821. The van der Waals surface area contributed by atoms with Crippen LogP contribution in [-0.4, -0.2) is 16.9 Å². The van der Waals surface area contributed by atoms with Gasteiger partial charge in [-0.2, -0.15) is 0 Å². The Morgan fingerprint density at radius 2 is 2.38 bits per heavy atom. The minimum Gasteiger partial charge on any atom is -0.308 e. The van der Waals surface area contributed by atoms with E-state index in [2.05, 4.69) is 15.4 Å². The maximum absolute atomic E-state index is 5.36. The molecule has 0 atom stereocenters. The van der Waals surface area contributed by atoms with Crippen LogP contribution in [0.3, 0.4) is 0 Å². The minimum atomic E-state index is 0.230. The van der Waals surface area contributed by atoms with Crippen LogP contribution in [0, 0.1) is 6.92 Å². The van der Waals surface area contributed by atoms with Crippen molar-refractivity contribution >= 4 is 17.2 Å². The van der Waals surface area contributed by atoms with Gasteiger partial charge in [0.2, 0.25) is 0 Å². The van der Waals surface area contributed by atoms with Crippen molar-refractivity contribution in [3.63, 3.8) is 0 Å². The summed E-state index contributed by atoms with van der Waals surface area (Å²) in [5, 5.41) is 1.02. The maximum Gasteiger partial charge on any atom is 0.154 e. The van der Waals surface area contributed by atoms with Gasteiger partial charge in [-0.25, -0.2) is 10.8 Å². The fourth-order valence-corrected chi connectivity index (χ4v) is 1.64. The third-order valence-corrected chi connectivity index (χ3v) is 2.30. The molecule has 4 nitrogen and oxygen atoms in total. The number of hydrogen-bond acceptors (Lipinski definition) is 4. The largest absolute Gasteiger partial charge is 0.308 e. The zero-order valence-electron chi connectivity index (χ0n) is 8.03.